The highest BCUT2D eigenvalue weighted by molar-refractivity contribution is 7.89. The quantitative estimate of drug-likeness (QED) is 0.680. The van der Waals surface area contributed by atoms with Crippen LogP contribution in [0, 0.1) is 0 Å². The smallest absolute Gasteiger partial charge is 0.251 e. The third-order valence-electron chi connectivity index (χ3n) is 4.70. The Hall–Kier alpha value is -2.13. The highest BCUT2D eigenvalue weighted by Gasteiger charge is 2.30. The van der Waals surface area contributed by atoms with Gasteiger partial charge in [0.1, 0.15) is 10.6 Å². The van der Waals surface area contributed by atoms with Gasteiger partial charge in [0.25, 0.3) is 5.91 Å². The number of likely N-dealkylation sites (tertiary alicyclic amines) is 1. The molecule has 0 aromatic heterocycles. The van der Waals surface area contributed by atoms with Crippen LogP contribution in [-0.4, -0.2) is 57.9 Å². The third-order valence-corrected chi connectivity index (χ3v) is 6.24. The van der Waals surface area contributed by atoms with E-state index in [9.17, 15) is 18.0 Å². The second-order valence-electron chi connectivity index (χ2n) is 6.85. The fourth-order valence-corrected chi connectivity index (χ4v) is 4.52. The van der Waals surface area contributed by atoms with Gasteiger partial charge in [-0.3, -0.25) is 9.59 Å². The van der Waals surface area contributed by atoms with Gasteiger partial charge >= 0.3 is 0 Å². The molecule has 1 aromatic carbocycles. The summed E-state index contributed by atoms with van der Waals surface area (Å²) >= 11 is 0. The first-order valence-corrected chi connectivity index (χ1v) is 10.7. The van der Waals surface area contributed by atoms with Crippen molar-refractivity contribution in [2.45, 2.75) is 43.0 Å². The van der Waals surface area contributed by atoms with Crippen molar-refractivity contribution >= 4 is 21.8 Å². The Labute approximate surface area is 159 Å². The molecule has 1 saturated heterocycles. The Bertz CT molecular complexity index is 814. The van der Waals surface area contributed by atoms with Crippen LogP contribution in [0.1, 0.15) is 42.5 Å². The van der Waals surface area contributed by atoms with Crippen LogP contribution in [0.25, 0.3) is 0 Å². The lowest BCUT2D eigenvalue weighted by Crippen LogP contribution is -2.32. The molecule has 1 saturated carbocycles. The predicted octanol–water partition coefficient (Wildman–Crippen LogP) is 0.878. The van der Waals surface area contributed by atoms with E-state index in [1.165, 1.54) is 25.3 Å². The lowest BCUT2D eigenvalue weighted by atomic mass is 10.2. The molecule has 2 N–H and O–H groups in total. The van der Waals surface area contributed by atoms with Gasteiger partial charge in [-0.2, -0.15) is 0 Å². The number of benzene rings is 1. The average molecular weight is 395 g/mol. The van der Waals surface area contributed by atoms with E-state index in [1.54, 1.807) is 4.90 Å². The minimum absolute atomic E-state index is 0.0273. The lowest BCUT2D eigenvalue weighted by molar-refractivity contribution is -0.129. The van der Waals surface area contributed by atoms with E-state index in [-0.39, 0.29) is 41.1 Å². The van der Waals surface area contributed by atoms with E-state index in [0.717, 1.165) is 38.8 Å². The van der Waals surface area contributed by atoms with Crippen LogP contribution in [0.3, 0.4) is 0 Å². The van der Waals surface area contributed by atoms with E-state index in [1.807, 2.05) is 0 Å². The first kappa shape index (κ1) is 19.6. The molecular formula is C18H25N3O5S. The fourth-order valence-electron chi connectivity index (χ4n) is 3.02. The zero-order valence-corrected chi connectivity index (χ0v) is 16.2. The molecule has 3 rings (SSSR count). The molecule has 1 heterocycles. The van der Waals surface area contributed by atoms with Crippen LogP contribution >= 0.6 is 0 Å². The molecule has 2 aliphatic rings. The van der Waals surface area contributed by atoms with Crippen molar-refractivity contribution in [2.75, 3.05) is 26.7 Å². The molecular weight excluding hydrogens is 370 g/mol. The van der Waals surface area contributed by atoms with Crippen molar-refractivity contribution < 1.29 is 22.7 Å². The average Bonchev–Trinajstić information content (AvgIpc) is 3.27. The van der Waals surface area contributed by atoms with E-state index in [0.29, 0.717) is 0 Å². The Morgan fingerprint density at radius 1 is 1.22 bits per heavy atom. The van der Waals surface area contributed by atoms with E-state index >= 15 is 0 Å². The zero-order valence-electron chi connectivity index (χ0n) is 15.4. The van der Waals surface area contributed by atoms with Crippen molar-refractivity contribution in [1.82, 2.24) is 14.9 Å². The first-order valence-electron chi connectivity index (χ1n) is 9.17. The summed E-state index contributed by atoms with van der Waals surface area (Å²) in [5.41, 5.74) is 0.209. The van der Waals surface area contributed by atoms with Crippen molar-refractivity contribution in [2.24, 2.45) is 0 Å². The molecule has 2 amide bonds. The van der Waals surface area contributed by atoms with Gasteiger partial charge in [0, 0.05) is 37.7 Å². The summed E-state index contributed by atoms with van der Waals surface area (Å²) in [4.78, 5) is 26.1. The number of carbonyl (C=O) groups excluding carboxylic acids is 2. The topological polar surface area (TPSA) is 105 Å². The predicted molar refractivity (Wildman–Crippen MR) is 99.1 cm³/mol. The lowest BCUT2D eigenvalue weighted by Gasteiger charge is -2.15. The number of nitrogens with one attached hydrogen (secondary N) is 2. The highest BCUT2D eigenvalue weighted by Crippen LogP contribution is 2.28. The number of nitrogens with zero attached hydrogens (tertiary/aromatic N) is 1. The molecule has 0 radical (unpaired) electrons. The van der Waals surface area contributed by atoms with Crippen molar-refractivity contribution in [3.8, 4) is 5.75 Å². The van der Waals surface area contributed by atoms with Gasteiger partial charge in [-0.1, -0.05) is 0 Å². The van der Waals surface area contributed by atoms with Crippen LogP contribution < -0.4 is 14.8 Å². The zero-order chi connectivity index (χ0) is 19.4. The number of sulfonamides is 1. The highest BCUT2D eigenvalue weighted by atomic mass is 32.2. The fraction of sp³-hybridized carbons (Fsp3) is 0.556. The minimum atomic E-state index is -3.76. The number of ether oxygens (including phenoxy) is 1. The van der Waals surface area contributed by atoms with Gasteiger partial charge in [0.15, 0.2) is 0 Å². The normalized spacial score (nSPS) is 17.0. The van der Waals surface area contributed by atoms with Gasteiger partial charge in [0.05, 0.1) is 7.11 Å². The number of rotatable bonds is 8. The van der Waals surface area contributed by atoms with Crippen LogP contribution in [0.5, 0.6) is 5.75 Å². The third kappa shape index (κ3) is 4.98. The molecule has 1 aliphatic heterocycles. The summed E-state index contributed by atoms with van der Waals surface area (Å²) in [5, 5.41) is 2.68. The monoisotopic (exact) mass is 395 g/mol. The summed E-state index contributed by atoms with van der Waals surface area (Å²) in [7, 11) is -2.37. The van der Waals surface area contributed by atoms with Gasteiger partial charge in [-0.15, -0.1) is 0 Å². The molecule has 27 heavy (non-hydrogen) atoms. The largest absolute Gasteiger partial charge is 0.495 e. The molecule has 1 aliphatic carbocycles. The Morgan fingerprint density at radius 2 is 1.93 bits per heavy atom. The molecule has 148 valence electrons. The van der Waals surface area contributed by atoms with Crippen molar-refractivity contribution in [3.05, 3.63) is 23.8 Å². The SMILES string of the molecule is COc1ccc(C(=O)NCCC(=O)N2CCCC2)cc1S(=O)(=O)NC1CC1. The Kier molecular flexibility index (Phi) is 6.01. The van der Waals surface area contributed by atoms with Gasteiger partial charge in [-0.05, 0) is 43.9 Å². The standard InChI is InChI=1S/C18H25N3O5S/c1-26-15-7-4-13(12-16(15)27(24,25)20-14-5-6-14)18(23)19-9-8-17(22)21-10-2-3-11-21/h4,7,12,14,20H,2-3,5-6,8-11H2,1H3,(H,19,23). The summed E-state index contributed by atoms with van der Waals surface area (Å²) in [6, 6.07) is 4.23. The van der Waals surface area contributed by atoms with Crippen LogP contribution in [0.4, 0.5) is 0 Å². The molecule has 0 bridgehead atoms. The first-order chi connectivity index (χ1) is 12.9. The molecule has 2 fully saturated rings. The maximum absolute atomic E-state index is 12.5. The summed E-state index contributed by atoms with van der Waals surface area (Å²) in [6.45, 7) is 1.77. The molecule has 1 aromatic rings. The van der Waals surface area contributed by atoms with Crippen LogP contribution in [0.15, 0.2) is 23.1 Å². The number of hydrogen-bond donors (Lipinski definition) is 2. The van der Waals surface area contributed by atoms with Gasteiger partial charge in [0.2, 0.25) is 15.9 Å². The molecule has 0 unspecified atom stereocenters. The summed E-state index contributed by atoms with van der Waals surface area (Å²) in [5.74, 6) is -0.210. The van der Waals surface area contributed by atoms with Gasteiger partial charge in [-0.25, -0.2) is 13.1 Å². The Morgan fingerprint density at radius 3 is 2.56 bits per heavy atom. The van der Waals surface area contributed by atoms with E-state index in [4.69, 9.17) is 4.74 Å². The number of methoxy groups -OCH3 is 1. The summed E-state index contributed by atoms with van der Waals surface area (Å²) < 4.78 is 32.8. The molecule has 0 atom stereocenters. The minimum Gasteiger partial charge on any atom is -0.495 e. The molecule has 0 spiro atoms. The van der Waals surface area contributed by atoms with Crippen molar-refractivity contribution in [1.29, 1.82) is 0 Å². The maximum atomic E-state index is 12.5. The molecule has 9 heteroatoms. The van der Waals surface area contributed by atoms with Crippen LogP contribution in [0.2, 0.25) is 0 Å². The second-order valence-corrected chi connectivity index (χ2v) is 8.54. The maximum Gasteiger partial charge on any atom is 0.251 e. The molecule has 8 nitrogen and oxygen atoms in total. The number of carbonyl (C=O) groups is 2. The van der Waals surface area contributed by atoms with E-state index in [2.05, 4.69) is 10.0 Å². The van der Waals surface area contributed by atoms with E-state index < -0.39 is 15.9 Å². The van der Waals surface area contributed by atoms with Crippen molar-refractivity contribution in [3.63, 3.8) is 0 Å². The van der Waals surface area contributed by atoms with Gasteiger partial charge < -0.3 is 15.0 Å². The second kappa shape index (κ2) is 8.26. The number of amides is 2. The Balaban J connectivity index is 1.64. The summed E-state index contributed by atoms with van der Waals surface area (Å²) in [6.07, 6.45) is 3.90. The number of hydrogen-bond acceptors (Lipinski definition) is 5. The van der Waals surface area contributed by atoms with Crippen LogP contribution in [-0.2, 0) is 14.8 Å².